The van der Waals surface area contributed by atoms with E-state index in [1.54, 1.807) is 0 Å². The summed E-state index contributed by atoms with van der Waals surface area (Å²) in [5, 5.41) is 3.03. The number of amides is 1. The molecule has 1 aromatic rings. The Hall–Kier alpha value is -1.79. The molecule has 1 unspecified atom stereocenters. The standard InChI is InChI=1S/C22H32N2O4/c25-22(23-15-19-2-1-11-26-19)6-4-17-7-9-24(10-8-17)16-18-3-5-20-21(14-18)28-13-12-27-20/h3,5,14,17,19H,1-2,4,6-13,15-16H2,(H,23,25). The third-order valence-corrected chi connectivity index (χ3v) is 6.05. The molecule has 0 aromatic heterocycles. The Balaban J connectivity index is 1.14. The van der Waals surface area contributed by atoms with Crippen LogP contribution in [0.2, 0.25) is 0 Å². The molecule has 1 amide bonds. The summed E-state index contributed by atoms with van der Waals surface area (Å²) < 4.78 is 16.8. The number of hydrogen-bond donors (Lipinski definition) is 1. The zero-order valence-electron chi connectivity index (χ0n) is 16.7. The molecule has 1 N–H and O–H groups in total. The van der Waals surface area contributed by atoms with Crippen LogP contribution in [0.1, 0.15) is 44.1 Å². The molecule has 6 heteroatoms. The molecule has 2 saturated heterocycles. The van der Waals surface area contributed by atoms with Gasteiger partial charge in [-0.1, -0.05) is 6.07 Å². The molecule has 3 heterocycles. The van der Waals surface area contributed by atoms with Crippen LogP contribution in [-0.2, 0) is 16.1 Å². The fourth-order valence-corrected chi connectivity index (χ4v) is 4.33. The number of hydrogen-bond acceptors (Lipinski definition) is 5. The first kappa shape index (κ1) is 19.5. The number of carbonyl (C=O) groups is 1. The molecule has 0 bridgehead atoms. The molecule has 0 saturated carbocycles. The second kappa shape index (κ2) is 9.61. The van der Waals surface area contributed by atoms with E-state index in [2.05, 4.69) is 22.3 Å². The Morgan fingerprint density at radius 1 is 1.07 bits per heavy atom. The van der Waals surface area contributed by atoms with Gasteiger partial charge in [0.05, 0.1) is 6.10 Å². The van der Waals surface area contributed by atoms with Crippen LogP contribution in [0.5, 0.6) is 11.5 Å². The van der Waals surface area contributed by atoms with E-state index in [1.807, 2.05) is 6.07 Å². The summed E-state index contributed by atoms with van der Waals surface area (Å²) in [6.07, 6.45) is 6.39. The summed E-state index contributed by atoms with van der Waals surface area (Å²) in [7, 11) is 0. The summed E-state index contributed by atoms with van der Waals surface area (Å²) in [5.74, 6) is 2.55. The number of piperidine rings is 1. The fourth-order valence-electron chi connectivity index (χ4n) is 4.33. The van der Waals surface area contributed by atoms with Crippen molar-refractivity contribution in [2.75, 3.05) is 39.5 Å². The van der Waals surface area contributed by atoms with Crippen molar-refractivity contribution in [2.45, 2.75) is 51.2 Å². The molecule has 0 aliphatic carbocycles. The quantitative estimate of drug-likeness (QED) is 0.778. The Bertz CT molecular complexity index is 652. The molecular weight excluding hydrogens is 356 g/mol. The summed E-state index contributed by atoms with van der Waals surface area (Å²) >= 11 is 0. The Labute approximate surface area is 167 Å². The second-order valence-corrected chi connectivity index (χ2v) is 8.18. The number of benzene rings is 1. The third kappa shape index (κ3) is 5.39. The van der Waals surface area contributed by atoms with Crippen LogP contribution < -0.4 is 14.8 Å². The lowest BCUT2D eigenvalue weighted by molar-refractivity contribution is -0.122. The SMILES string of the molecule is O=C(CCC1CCN(Cc2ccc3c(c2)OCCO3)CC1)NCC1CCCO1. The molecule has 3 aliphatic rings. The topological polar surface area (TPSA) is 60.0 Å². The van der Waals surface area contributed by atoms with E-state index < -0.39 is 0 Å². The van der Waals surface area contributed by atoms with Gasteiger partial charge in [-0.15, -0.1) is 0 Å². The van der Waals surface area contributed by atoms with Crippen molar-refractivity contribution < 1.29 is 19.0 Å². The lowest BCUT2D eigenvalue weighted by atomic mass is 9.92. The van der Waals surface area contributed by atoms with Crippen LogP contribution in [0.15, 0.2) is 18.2 Å². The van der Waals surface area contributed by atoms with Crippen molar-refractivity contribution in [3.05, 3.63) is 23.8 Å². The number of carbonyl (C=O) groups excluding carboxylic acids is 1. The lowest BCUT2D eigenvalue weighted by Crippen LogP contribution is -2.34. The summed E-state index contributed by atoms with van der Waals surface area (Å²) in [6.45, 7) is 5.91. The number of likely N-dealkylation sites (tertiary alicyclic amines) is 1. The Morgan fingerprint density at radius 3 is 2.68 bits per heavy atom. The predicted molar refractivity (Wildman–Crippen MR) is 107 cm³/mol. The first-order chi connectivity index (χ1) is 13.8. The maximum atomic E-state index is 12.1. The van der Waals surface area contributed by atoms with Crippen LogP contribution >= 0.6 is 0 Å². The van der Waals surface area contributed by atoms with E-state index in [1.165, 1.54) is 18.4 Å². The molecule has 0 spiro atoms. The molecule has 3 aliphatic heterocycles. The average Bonchev–Trinajstić information content (AvgIpc) is 3.25. The maximum Gasteiger partial charge on any atom is 0.220 e. The first-order valence-corrected chi connectivity index (χ1v) is 10.8. The molecule has 6 nitrogen and oxygen atoms in total. The molecule has 1 aromatic carbocycles. The zero-order chi connectivity index (χ0) is 19.2. The van der Waals surface area contributed by atoms with Gasteiger partial charge in [-0.3, -0.25) is 9.69 Å². The minimum Gasteiger partial charge on any atom is -0.486 e. The molecule has 154 valence electrons. The number of fused-ring (bicyclic) bond motifs is 1. The fraction of sp³-hybridized carbons (Fsp3) is 0.682. The van der Waals surface area contributed by atoms with Gasteiger partial charge in [0.15, 0.2) is 11.5 Å². The van der Waals surface area contributed by atoms with Gasteiger partial charge in [0, 0.05) is 26.1 Å². The molecule has 0 radical (unpaired) electrons. The van der Waals surface area contributed by atoms with Crippen LogP contribution in [0, 0.1) is 5.92 Å². The lowest BCUT2D eigenvalue weighted by Gasteiger charge is -2.32. The highest BCUT2D eigenvalue weighted by Gasteiger charge is 2.21. The Kier molecular flexibility index (Phi) is 6.70. The van der Waals surface area contributed by atoms with Crippen molar-refractivity contribution >= 4 is 5.91 Å². The van der Waals surface area contributed by atoms with Crippen molar-refractivity contribution in [3.8, 4) is 11.5 Å². The van der Waals surface area contributed by atoms with Gasteiger partial charge in [-0.05, 0) is 68.8 Å². The van der Waals surface area contributed by atoms with Crippen LogP contribution in [0.3, 0.4) is 0 Å². The average molecular weight is 389 g/mol. The highest BCUT2D eigenvalue weighted by atomic mass is 16.6. The van der Waals surface area contributed by atoms with Gasteiger partial charge in [0.2, 0.25) is 5.91 Å². The number of nitrogens with zero attached hydrogens (tertiary/aromatic N) is 1. The van der Waals surface area contributed by atoms with Crippen LogP contribution in [0.25, 0.3) is 0 Å². The molecule has 2 fully saturated rings. The van der Waals surface area contributed by atoms with Gasteiger partial charge in [0.1, 0.15) is 13.2 Å². The van der Waals surface area contributed by atoms with E-state index >= 15 is 0 Å². The summed E-state index contributed by atoms with van der Waals surface area (Å²) in [4.78, 5) is 14.6. The van der Waals surface area contributed by atoms with Crippen LogP contribution in [0.4, 0.5) is 0 Å². The first-order valence-electron chi connectivity index (χ1n) is 10.8. The third-order valence-electron chi connectivity index (χ3n) is 6.05. The van der Waals surface area contributed by atoms with E-state index in [4.69, 9.17) is 14.2 Å². The molecule has 4 rings (SSSR count). The number of nitrogens with one attached hydrogen (secondary N) is 1. The van der Waals surface area contributed by atoms with Gasteiger partial charge in [-0.25, -0.2) is 0 Å². The van der Waals surface area contributed by atoms with E-state index in [0.717, 1.165) is 57.0 Å². The summed E-state index contributed by atoms with van der Waals surface area (Å²) in [6, 6.07) is 6.27. The van der Waals surface area contributed by atoms with Gasteiger partial charge in [-0.2, -0.15) is 0 Å². The van der Waals surface area contributed by atoms with E-state index in [9.17, 15) is 4.79 Å². The highest BCUT2D eigenvalue weighted by Crippen LogP contribution is 2.31. The van der Waals surface area contributed by atoms with Crippen molar-refractivity contribution in [1.29, 1.82) is 0 Å². The molecular formula is C22H32N2O4. The number of ether oxygens (including phenoxy) is 3. The van der Waals surface area contributed by atoms with E-state index in [-0.39, 0.29) is 12.0 Å². The van der Waals surface area contributed by atoms with Crippen molar-refractivity contribution in [3.63, 3.8) is 0 Å². The second-order valence-electron chi connectivity index (χ2n) is 8.18. The van der Waals surface area contributed by atoms with Gasteiger partial charge in [0.25, 0.3) is 0 Å². The predicted octanol–water partition coefficient (Wildman–Crippen LogP) is 2.75. The molecule has 1 atom stereocenters. The number of rotatable bonds is 7. The summed E-state index contributed by atoms with van der Waals surface area (Å²) in [5.41, 5.74) is 1.27. The van der Waals surface area contributed by atoms with E-state index in [0.29, 0.717) is 32.1 Å². The maximum absolute atomic E-state index is 12.1. The van der Waals surface area contributed by atoms with Crippen LogP contribution in [-0.4, -0.2) is 56.4 Å². The smallest absolute Gasteiger partial charge is 0.220 e. The minimum atomic E-state index is 0.175. The molecule has 28 heavy (non-hydrogen) atoms. The Morgan fingerprint density at radius 2 is 1.89 bits per heavy atom. The van der Waals surface area contributed by atoms with Gasteiger partial charge < -0.3 is 19.5 Å². The minimum absolute atomic E-state index is 0.175. The monoisotopic (exact) mass is 388 g/mol. The van der Waals surface area contributed by atoms with Crippen molar-refractivity contribution in [1.82, 2.24) is 10.2 Å². The van der Waals surface area contributed by atoms with Gasteiger partial charge >= 0.3 is 0 Å². The van der Waals surface area contributed by atoms with Crippen molar-refractivity contribution in [2.24, 2.45) is 5.92 Å². The zero-order valence-corrected chi connectivity index (χ0v) is 16.7. The normalized spacial score (nSPS) is 22.9. The largest absolute Gasteiger partial charge is 0.486 e. The highest BCUT2D eigenvalue weighted by molar-refractivity contribution is 5.75.